The van der Waals surface area contributed by atoms with Crippen LogP contribution in [0.15, 0.2) is 12.2 Å². The van der Waals surface area contributed by atoms with Crippen LogP contribution in [0.3, 0.4) is 0 Å². The molecule has 0 heterocycles. The maximum atomic E-state index is 11.2. The number of rotatable bonds is 19. The van der Waals surface area contributed by atoms with Crippen LogP contribution in [-0.2, 0) is 9.59 Å². The predicted octanol–water partition coefficient (Wildman–Crippen LogP) is 6.83. The molecule has 0 spiro atoms. The van der Waals surface area contributed by atoms with Gasteiger partial charge in [-0.15, -0.1) is 0 Å². The van der Waals surface area contributed by atoms with Crippen molar-refractivity contribution in [1.82, 2.24) is 0 Å². The summed E-state index contributed by atoms with van der Waals surface area (Å²) in [5.41, 5.74) is -0.942. The van der Waals surface area contributed by atoms with Crippen molar-refractivity contribution in [2.45, 2.75) is 127 Å². The van der Waals surface area contributed by atoms with Crippen molar-refractivity contribution < 1.29 is 24.9 Å². The van der Waals surface area contributed by atoms with Crippen molar-refractivity contribution in [1.29, 1.82) is 0 Å². The van der Waals surface area contributed by atoms with Crippen LogP contribution in [0.4, 0.5) is 0 Å². The highest BCUT2D eigenvalue weighted by molar-refractivity contribution is 8.00. The van der Waals surface area contributed by atoms with Gasteiger partial charge in [-0.2, -0.15) is 11.8 Å². The average Bonchev–Trinajstić information content (AvgIpc) is 2.75. The van der Waals surface area contributed by atoms with Gasteiger partial charge in [-0.05, 0) is 38.5 Å². The lowest BCUT2D eigenvalue weighted by atomic mass is 9.77. The van der Waals surface area contributed by atoms with E-state index in [9.17, 15) is 19.8 Å². The highest BCUT2D eigenvalue weighted by Crippen LogP contribution is 2.40. The molecule has 0 bridgehead atoms. The topological polar surface area (TPSA) is 94.8 Å². The van der Waals surface area contributed by atoms with Gasteiger partial charge >= 0.3 is 11.9 Å². The quantitative estimate of drug-likeness (QED) is 0.141. The fourth-order valence-electron chi connectivity index (χ4n) is 4.46. The average molecular weight is 471 g/mol. The molecule has 0 aliphatic heterocycles. The SMILES string of the molecule is CCCCCCCCCCCCC/C=C\[C@@H](SCCC(=O)O)C1(O)CCC(C(=O)O)CC1. The second-order valence-corrected chi connectivity index (χ2v) is 10.7. The zero-order chi connectivity index (χ0) is 23.7. The summed E-state index contributed by atoms with van der Waals surface area (Å²) in [7, 11) is 0. The maximum Gasteiger partial charge on any atom is 0.306 e. The summed E-state index contributed by atoms with van der Waals surface area (Å²) in [6, 6.07) is 0. The fourth-order valence-corrected chi connectivity index (χ4v) is 5.77. The minimum absolute atomic E-state index is 0.0709. The lowest BCUT2D eigenvalue weighted by Crippen LogP contribution is -2.44. The van der Waals surface area contributed by atoms with Crippen LogP contribution < -0.4 is 0 Å². The van der Waals surface area contributed by atoms with E-state index in [0.717, 1.165) is 12.8 Å². The van der Waals surface area contributed by atoms with Crippen molar-refractivity contribution in [3.05, 3.63) is 12.2 Å². The third-order valence-electron chi connectivity index (χ3n) is 6.63. The number of allylic oxidation sites excluding steroid dienone is 1. The Morgan fingerprint density at radius 3 is 1.97 bits per heavy atom. The zero-order valence-corrected chi connectivity index (χ0v) is 20.9. The molecule has 186 valence electrons. The molecule has 0 aromatic rings. The van der Waals surface area contributed by atoms with E-state index in [1.54, 1.807) is 0 Å². The maximum absolute atomic E-state index is 11.2. The number of carboxylic acids is 2. The number of thioether (sulfide) groups is 1. The van der Waals surface area contributed by atoms with Crippen LogP contribution in [0.1, 0.15) is 116 Å². The number of aliphatic hydroxyl groups is 1. The second kappa shape index (κ2) is 17.5. The summed E-state index contributed by atoms with van der Waals surface area (Å²) in [6.45, 7) is 2.25. The molecular weight excluding hydrogens is 424 g/mol. The lowest BCUT2D eigenvalue weighted by molar-refractivity contribution is -0.144. The highest BCUT2D eigenvalue weighted by atomic mass is 32.2. The number of hydrogen-bond acceptors (Lipinski definition) is 4. The van der Waals surface area contributed by atoms with Crippen molar-refractivity contribution in [3.63, 3.8) is 0 Å². The zero-order valence-electron chi connectivity index (χ0n) is 20.1. The third kappa shape index (κ3) is 12.9. The number of hydrogen-bond donors (Lipinski definition) is 3. The Bertz CT molecular complexity index is 540. The van der Waals surface area contributed by atoms with Gasteiger partial charge in [0, 0.05) is 5.75 Å². The van der Waals surface area contributed by atoms with Crippen LogP contribution in [0.25, 0.3) is 0 Å². The van der Waals surface area contributed by atoms with Crippen molar-refractivity contribution in [2.75, 3.05) is 5.75 Å². The van der Waals surface area contributed by atoms with E-state index in [4.69, 9.17) is 5.11 Å². The van der Waals surface area contributed by atoms with E-state index in [-0.39, 0.29) is 17.6 Å². The standard InChI is InChI=1S/C26H46O5S/c1-2-3-4-5-6-7-8-9-10-11-12-13-14-15-23(32-21-18-24(27)28)26(31)19-16-22(17-20-26)25(29)30/h14-15,22-23,31H,2-13,16-21H2,1H3,(H,27,28)(H,29,30)/b15-14-/t22?,23-,26?/m1/s1. The first kappa shape index (κ1) is 29.0. The van der Waals surface area contributed by atoms with Crippen LogP contribution in [0.2, 0.25) is 0 Å². The monoisotopic (exact) mass is 470 g/mol. The van der Waals surface area contributed by atoms with Crippen molar-refractivity contribution in [2.24, 2.45) is 5.92 Å². The molecule has 0 saturated heterocycles. The van der Waals surface area contributed by atoms with Gasteiger partial charge in [-0.25, -0.2) is 0 Å². The first-order valence-corrected chi connectivity index (χ1v) is 13.9. The molecule has 0 radical (unpaired) electrons. The normalized spacial score (nSPS) is 22.2. The Balaban J connectivity index is 2.30. The Hall–Kier alpha value is -1.01. The Morgan fingerprint density at radius 2 is 1.47 bits per heavy atom. The second-order valence-electron chi connectivity index (χ2n) is 9.40. The van der Waals surface area contributed by atoms with E-state index in [1.165, 1.54) is 76.0 Å². The van der Waals surface area contributed by atoms with Crippen molar-refractivity contribution in [3.8, 4) is 0 Å². The summed E-state index contributed by atoms with van der Waals surface area (Å²) < 4.78 is 0. The number of unbranched alkanes of at least 4 members (excludes halogenated alkanes) is 11. The number of carbonyl (C=O) groups is 2. The molecule has 0 aromatic heterocycles. The summed E-state index contributed by atoms with van der Waals surface area (Å²) >= 11 is 1.48. The molecule has 1 atom stereocenters. The molecule has 6 heteroatoms. The first-order valence-electron chi connectivity index (χ1n) is 12.8. The van der Waals surface area contributed by atoms with Crippen LogP contribution >= 0.6 is 11.8 Å². The number of aliphatic carboxylic acids is 2. The van der Waals surface area contributed by atoms with Crippen LogP contribution in [-0.4, -0.2) is 43.9 Å². The van der Waals surface area contributed by atoms with Gasteiger partial charge in [0.05, 0.1) is 23.2 Å². The van der Waals surface area contributed by atoms with Gasteiger partial charge in [0.1, 0.15) is 0 Å². The summed E-state index contributed by atoms with van der Waals surface area (Å²) in [6.07, 6.45) is 21.6. The van der Waals surface area contributed by atoms with Gasteiger partial charge in [-0.3, -0.25) is 9.59 Å². The number of carboxylic acid groups (broad SMARTS) is 2. The molecule has 1 rings (SSSR count). The van der Waals surface area contributed by atoms with E-state index in [1.807, 2.05) is 6.08 Å². The van der Waals surface area contributed by atoms with Gasteiger partial charge < -0.3 is 15.3 Å². The molecule has 1 fully saturated rings. The molecule has 5 nitrogen and oxygen atoms in total. The van der Waals surface area contributed by atoms with Crippen molar-refractivity contribution >= 4 is 23.7 Å². The largest absolute Gasteiger partial charge is 0.481 e. The predicted molar refractivity (Wildman–Crippen MR) is 133 cm³/mol. The minimum atomic E-state index is -0.942. The molecule has 32 heavy (non-hydrogen) atoms. The molecule has 0 aromatic carbocycles. The first-order chi connectivity index (χ1) is 15.4. The Morgan fingerprint density at radius 1 is 0.938 bits per heavy atom. The smallest absolute Gasteiger partial charge is 0.306 e. The third-order valence-corrected chi connectivity index (χ3v) is 8.02. The molecule has 0 unspecified atom stereocenters. The van der Waals surface area contributed by atoms with Gasteiger partial charge in [0.15, 0.2) is 0 Å². The van der Waals surface area contributed by atoms with E-state index in [0.29, 0.717) is 31.4 Å². The Labute approximate surface area is 199 Å². The summed E-state index contributed by atoms with van der Waals surface area (Å²) in [4.78, 5) is 22.1. The molecule has 1 aliphatic rings. The van der Waals surface area contributed by atoms with E-state index in [2.05, 4.69) is 13.0 Å². The summed E-state index contributed by atoms with van der Waals surface area (Å²) in [5.74, 6) is -1.54. The molecule has 1 saturated carbocycles. The van der Waals surface area contributed by atoms with Crippen LogP contribution in [0, 0.1) is 5.92 Å². The lowest BCUT2D eigenvalue weighted by Gasteiger charge is -2.39. The minimum Gasteiger partial charge on any atom is -0.481 e. The van der Waals surface area contributed by atoms with E-state index < -0.39 is 17.5 Å². The molecule has 1 aliphatic carbocycles. The summed E-state index contributed by atoms with van der Waals surface area (Å²) in [5, 5.41) is 29.2. The van der Waals surface area contributed by atoms with Gasteiger partial charge in [-0.1, -0.05) is 83.3 Å². The van der Waals surface area contributed by atoms with Gasteiger partial charge in [0.2, 0.25) is 0 Å². The Kier molecular flexibility index (Phi) is 15.8. The van der Waals surface area contributed by atoms with Crippen LogP contribution in [0.5, 0.6) is 0 Å². The molecule has 3 N–H and O–H groups in total. The fraction of sp³-hybridized carbons (Fsp3) is 0.846. The highest BCUT2D eigenvalue weighted by Gasteiger charge is 2.40. The molecule has 0 amide bonds. The van der Waals surface area contributed by atoms with Gasteiger partial charge in [0.25, 0.3) is 0 Å². The molecular formula is C26H46O5S. The van der Waals surface area contributed by atoms with E-state index >= 15 is 0 Å².